The third kappa shape index (κ3) is 3.50. The van der Waals surface area contributed by atoms with Crippen molar-refractivity contribution in [3.8, 4) is 0 Å². The molecule has 5 rings (SSSR count). The number of aryl methyl sites for hydroxylation is 2. The predicted octanol–water partition coefficient (Wildman–Crippen LogP) is 2.54. The maximum atomic E-state index is 13.0. The molecule has 0 unspecified atom stereocenters. The van der Waals surface area contributed by atoms with Crippen LogP contribution in [0.15, 0.2) is 24.4 Å². The average molecular weight is 367 g/mol. The first kappa shape index (κ1) is 18.2. The molecule has 3 fully saturated rings. The number of hydrogen-bond acceptors (Lipinski definition) is 4. The highest BCUT2D eigenvalue weighted by Gasteiger charge is 2.40. The minimum atomic E-state index is 0.106. The molecule has 144 valence electrons. The smallest absolute Gasteiger partial charge is 0.227 e. The molecule has 0 spiro atoms. The second kappa shape index (κ2) is 7.43. The minimum absolute atomic E-state index is 0.106. The van der Waals surface area contributed by atoms with Crippen LogP contribution in [0.1, 0.15) is 42.4 Å². The van der Waals surface area contributed by atoms with Crippen LogP contribution in [0, 0.1) is 19.8 Å². The van der Waals surface area contributed by atoms with Crippen molar-refractivity contribution in [1.29, 1.82) is 0 Å². The summed E-state index contributed by atoms with van der Waals surface area (Å²) in [7, 11) is 0. The Labute approximate surface area is 161 Å². The van der Waals surface area contributed by atoms with Gasteiger partial charge in [0.05, 0.1) is 23.9 Å². The van der Waals surface area contributed by atoms with Crippen LogP contribution in [0.4, 0.5) is 0 Å². The van der Waals surface area contributed by atoms with E-state index in [1.165, 1.54) is 11.3 Å². The van der Waals surface area contributed by atoms with Crippen molar-refractivity contribution in [3.05, 3.63) is 47.0 Å². The SMILES string of the molecule is CCn1nc(C)c(CN2C[C@@H]3CC[C@H](C2)N(Cc2ccccn2)C3=O)c1C. The predicted molar refractivity (Wildman–Crippen MR) is 104 cm³/mol. The van der Waals surface area contributed by atoms with Gasteiger partial charge >= 0.3 is 0 Å². The van der Waals surface area contributed by atoms with Crippen LogP contribution in [-0.4, -0.2) is 49.6 Å². The summed E-state index contributed by atoms with van der Waals surface area (Å²) in [5, 5.41) is 4.66. The molecule has 0 radical (unpaired) electrons. The Kier molecular flexibility index (Phi) is 5.00. The van der Waals surface area contributed by atoms with Gasteiger partial charge < -0.3 is 4.90 Å². The minimum Gasteiger partial charge on any atom is -0.332 e. The van der Waals surface area contributed by atoms with Gasteiger partial charge in [-0.3, -0.25) is 19.4 Å². The topological polar surface area (TPSA) is 54.3 Å². The van der Waals surface area contributed by atoms with Crippen LogP contribution in [-0.2, 0) is 24.4 Å². The van der Waals surface area contributed by atoms with E-state index in [0.29, 0.717) is 12.5 Å². The van der Waals surface area contributed by atoms with E-state index in [1.807, 2.05) is 18.2 Å². The van der Waals surface area contributed by atoms with E-state index in [-0.39, 0.29) is 12.0 Å². The molecular formula is C21H29N5O. The molecule has 0 aromatic carbocycles. The van der Waals surface area contributed by atoms with Crippen molar-refractivity contribution in [2.24, 2.45) is 5.92 Å². The normalized spacial score (nSPS) is 23.1. The Balaban J connectivity index is 1.52. The molecule has 3 aliphatic rings. The Bertz CT molecular complexity index is 815. The van der Waals surface area contributed by atoms with Crippen LogP contribution in [0.25, 0.3) is 0 Å². The molecule has 1 amide bonds. The molecule has 0 saturated carbocycles. The number of nitrogens with zero attached hydrogens (tertiary/aromatic N) is 5. The Hall–Kier alpha value is -2.21. The summed E-state index contributed by atoms with van der Waals surface area (Å²) in [5.41, 5.74) is 4.66. The standard InChI is InChI=1S/C21H29N5O/c1-4-26-16(3)20(15(2)23-26)14-24-11-17-8-9-19(13-24)25(21(17)27)12-18-7-5-6-10-22-18/h5-7,10,17,19H,4,8-9,11-14H2,1-3H3/t17-,19+/m0/s1. The zero-order valence-electron chi connectivity index (χ0n) is 16.6. The number of amides is 1. The molecule has 6 nitrogen and oxygen atoms in total. The van der Waals surface area contributed by atoms with Gasteiger partial charge in [0.1, 0.15) is 0 Å². The van der Waals surface area contributed by atoms with Gasteiger partial charge in [-0.15, -0.1) is 0 Å². The van der Waals surface area contributed by atoms with Crippen LogP contribution in [0.2, 0.25) is 0 Å². The number of carbonyl (C=O) groups is 1. The van der Waals surface area contributed by atoms with Gasteiger partial charge in [-0.2, -0.15) is 5.10 Å². The van der Waals surface area contributed by atoms with E-state index < -0.39 is 0 Å². The largest absolute Gasteiger partial charge is 0.332 e. The number of piperidine rings is 1. The first-order chi connectivity index (χ1) is 13.1. The Morgan fingerprint density at radius 1 is 1.15 bits per heavy atom. The van der Waals surface area contributed by atoms with Crippen molar-refractivity contribution in [2.45, 2.75) is 59.3 Å². The number of rotatable bonds is 5. The molecule has 6 heteroatoms. The van der Waals surface area contributed by atoms with E-state index in [1.54, 1.807) is 6.20 Å². The summed E-state index contributed by atoms with van der Waals surface area (Å²) in [5.74, 6) is 0.409. The van der Waals surface area contributed by atoms with Crippen molar-refractivity contribution in [2.75, 3.05) is 13.1 Å². The van der Waals surface area contributed by atoms with Gasteiger partial charge in [0.2, 0.25) is 5.91 Å². The molecule has 2 aromatic rings. The molecule has 2 aromatic heterocycles. The van der Waals surface area contributed by atoms with Crippen molar-refractivity contribution >= 4 is 5.91 Å². The Morgan fingerprint density at radius 3 is 2.70 bits per heavy atom. The van der Waals surface area contributed by atoms with Crippen LogP contribution in [0.3, 0.4) is 0 Å². The maximum Gasteiger partial charge on any atom is 0.227 e. The van der Waals surface area contributed by atoms with Crippen molar-refractivity contribution in [1.82, 2.24) is 24.6 Å². The highest BCUT2D eigenvalue weighted by atomic mass is 16.2. The summed E-state index contributed by atoms with van der Waals surface area (Å²) >= 11 is 0. The number of fused-ring (bicyclic) bond motifs is 4. The quantitative estimate of drug-likeness (QED) is 0.815. The fourth-order valence-corrected chi connectivity index (χ4v) is 4.63. The van der Waals surface area contributed by atoms with E-state index >= 15 is 0 Å². The zero-order valence-corrected chi connectivity index (χ0v) is 16.6. The molecule has 0 aliphatic carbocycles. The van der Waals surface area contributed by atoms with Gasteiger partial charge in [0.15, 0.2) is 0 Å². The lowest BCUT2D eigenvalue weighted by molar-refractivity contribution is -0.140. The fraction of sp³-hybridized carbons (Fsp3) is 0.571. The summed E-state index contributed by atoms with van der Waals surface area (Å²) in [6, 6.07) is 6.20. The molecule has 0 N–H and O–H groups in total. The van der Waals surface area contributed by atoms with Crippen molar-refractivity contribution in [3.63, 3.8) is 0 Å². The molecule has 2 bridgehead atoms. The summed E-state index contributed by atoms with van der Waals surface area (Å²) in [4.78, 5) is 22.0. The first-order valence-electron chi connectivity index (χ1n) is 10.0. The maximum absolute atomic E-state index is 13.0. The monoisotopic (exact) mass is 367 g/mol. The molecule has 5 heterocycles. The highest BCUT2D eigenvalue weighted by molar-refractivity contribution is 5.80. The van der Waals surface area contributed by atoms with Gasteiger partial charge in [-0.1, -0.05) is 6.07 Å². The van der Waals surface area contributed by atoms with Gasteiger partial charge in [0, 0.05) is 49.7 Å². The third-order valence-electron chi connectivity index (χ3n) is 6.14. The van der Waals surface area contributed by atoms with Crippen LogP contribution in [0.5, 0.6) is 0 Å². The lowest BCUT2D eigenvalue weighted by Gasteiger charge is -2.35. The molecule has 3 aliphatic heterocycles. The van der Waals surface area contributed by atoms with E-state index in [0.717, 1.165) is 50.4 Å². The average Bonchev–Trinajstić information content (AvgIpc) is 2.83. The molecular weight excluding hydrogens is 338 g/mol. The van der Waals surface area contributed by atoms with Crippen LogP contribution < -0.4 is 0 Å². The lowest BCUT2D eigenvalue weighted by atomic mass is 9.94. The van der Waals surface area contributed by atoms with E-state index in [2.05, 4.69) is 45.3 Å². The second-order valence-corrected chi connectivity index (χ2v) is 7.87. The van der Waals surface area contributed by atoms with E-state index in [9.17, 15) is 4.79 Å². The van der Waals surface area contributed by atoms with Gasteiger partial charge in [0.25, 0.3) is 0 Å². The highest BCUT2D eigenvalue weighted by Crippen LogP contribution is 2.31. The fourth-order valence-electron chi connectivity index (χ4n) is 4.63. The van der Waals surface area contributed by atoms with Crippen molar-refractivity contribution < 1.29 is 4.79 Å². The summed E-state index contributed by atoms with van der Waals surface area (Å²) < 4.78 is 2.08. The molecule has 27 heavy (non-hydrogen) atoms. The van der Waals surface area contributed by atoms with Gasteiger partial charge in [-0.25, -0.2) is 0 Å². The molecule has 3 saturated heterocycles. The zero-order chi connectivity index (χ0) is 19.0. The number of aromatic nitrogens is 3. The molecule has 2 atom stereocenters. The number of carbonyl (C=O) groups excluding carboxylic acids is 1. The Morgan fingerprint density at radius 2 is 2.00 bits per heavy atom. The second-order valence-electron chi connectivity index (χ2n) is 7.87. The lowest BCUT2D eigenvalue weighted by Crippen LogP contribution is -2.47. The van der Waals surface area contributed by atoms with E-state index in [4.69, 9.17) is 0 Å². The van der Waals surface area contributed by atoms with Crippen LogP contribution >= 0.6 is 0 Å². The summed E-state index contributed by atoms with van der Waals surface area (Å²) in [6.07, 6.45) is 3.90. The van der Waals surface area contributed by atoms with Gasteiger partial charge in [-0.05, 0) is 45.7 Å². The third-order valence-corrected chi connectivity index (χ3v) is 6.14. The summed E-state index contributed by atoms with van der Waals surface area (Å²) in [6.45, 7) is 10.6. The number of hydrogen-bond donors (Lipinski definition) is 0. The number of pyridine rings is 1. The first-order valence-corrected chi connectivity index (χ1v) is 10.0.